The molecule has 208 valence electrons. The van der Waals surface area contributed by atoms with Crippen LogP contribution in [0.1, 0.15) is 43.2 Å². The summed E-state index contributed by atoms with van der Waals surface area (Å²) in [6.07, 6.45) is 2.80. The number of imide groups is 1. The van der Waals surface area contributed by atoms with E-state index in [1.165, 1.54) is 6.08 Å². The van der Waals surface area contributed by atoms with Gasteiger partial charge in [0.15, 0.2) is 11.6 Å². The van der Waals surface area contributed by atoms with Gasteiger partial charge in [0, 0.05) is 13.0 Å². The predicted octanol–water partition coefficient (Wildman–Crippen LogP) is 4.31. The standard InChI is InChI=1S/C30H34BrNO7/c31-26-19-25(34)27(39-30(26,37)15-9-1-2-10-16-33)24(18-22-13-7-4-8-14-22)28(35)32-23(20-38-29(32)36)17-21-11-5-3-6-12-21/h3-8,11-14,19,23-24,27,33,37H,1-2,9-10,15-18,20H2. The lowest BCUT2D eigenvalue weighted by Gasteiger charge is -2.38. The zero-order valence-electron chi connectivity index (χ0n) is 21.7. The lowest BCUT2D eigenvalue weighted by molar-refractivity contribution is -0.218. The highest BCUT2D eigenvalue weighted by Gasteiger charge is 2.49. The van der Waals surface area contributed by atoms with Crippen molar-refractivity contribution in [1.82, 2.24) is 4.90 Å². The molecule has 2 amide bonds. The number of aliphatic hydroxyl groups excluding tert-OH is 1. The van der Waals surface area contributed by atoms with Crippen molar-refractivity contribution in [2.75, 3.05) is 13.2 Å². The van der Waals surface area contributed by atoms with Gasteiger partial charge in [0.05, 0.1) is 16.4 Å². The van der Waals surface area contributed by atoms with Gasteiger partial charge in [-0.3, -0.25) is 9.59 Å². The molecule has 2 aliphatic heterocycles. The molecule has 2 N–H and O–H groups in total. The number of carbonyl (C=O) groups is 3. The van der Waals surface area contributed by atoms with Gasteiger partial charge >= 0.3 is 6.09 Å². The van der Waals surface area contributed by atoms with Crippen LogP contribution in [0.5, 0.6) is 0 Å². The zero-order chi connectivity index (χ0) is 27.8. The van der Waals surface area contributed by atoms with Crippen molar-refractivity contribution in [1.29, 1.82) is 0 Å². The quantitative estimate of drug-likeness (QED) is 0.349. The SMILES string of the molecule is O=C1C=C(Br)C(O)(CCCCCCO)OC1C(Cc1ccccc1)C(=O)N1C(=O)OCC1Cc1ccccc1. The second kappa shape index (κ2) is 13.5. The van der Waals surface area contributed by atoms with E-state index in [0.29, 0.717) is 19.3 Å². The van der Waals surface area contributed by atoms with Gasteiger partial charge in [-0.15, -0.1) is 0 Å². The Morgan fingerprint density at radius 3 is 2.31 bits per heavy atom. The van der Waals surface area contributed by atoms with E-state index in [1.54, 1.807) is 0 Å². The number of carbonyl (C=O) groups excluding carboxylic acids is 3. The smallest absolute Gasteiger partial charge is 0.416 e. The fraction of sp³-hybridized carbons (Fsp3) is 0.433. The average Bonchev–Trinajstić information content (AvgIpc) is 3.30. The van der Waals surface area contributed by atoms with Crippen LogP contribution in [0.25, 0.3) is 0 Å². The Balaban J connectivity index is 1.60. The first-order valence-electron chi connectivity index (χ1n) is 13.3. The van der Waals surface area contributed by atoms with Crippen molar-refractivity contribution in [3.63, 3.8) is 0 Å². The second-order valence-electron chi connectivity index (χ2n) is 10.0. The van der Waals surface area contributed by atoms with Gasteiger partial charge < -0.3 is 19.7 Å². The Morgan fingerprint density at radius 1 is 1.00 bits per heavy atom. The van der Waals surface area contributed by atoms with Crippen molar-refractivity contribution in [2.24, 2.45) is 5.92 Å². The van der Waals surface area contributed by atoms with Gasteiger partial charge in [0.2, 0.25) is 5.91 Å². The summed E-state index contributed by atoms with van der Waals surface area (Å²) in [5.74, 6) is -3.89. The van der Waals surface area contributed by atoms with E-state index in [2.05, 4.69) is 15.9 Å². The summed E-state index contributed by atoms with van der Waals surface area (Å²) in [5.41, 5.74) is 1.74. The molecule has 1 fully saturated rings. The van der Waals surface area contributed by atoms with Crippen molar-refractivity contribution in [3.05, 3.63) is 82.3 Å². The van der Waals surface area contributed by atoms with Gasteiger partial charge in [-0.2, -0.15) is 0 Å². The van der Waals surface area contributed by atoms with Crippen molar-refractivity contribution >= 4 is 33.7 Å². The van der Waals surface area contributed by atoms with Crippen LogP contribution in [0.3, 0.4) is 0 Å². The number of hydrogen-bond donors (Lipinski definition) is 2. The Hall–Kier alpha value is -2.85. The summed E-state index contributed by atoms with van der Waals surface area (Å²) in [6.45, 7) is 0.161. The number of nitrogens with zero attached hydrogens (tertiary/aromatic N) is 1. The van der Waals surface area contributed by atoms with Gasteiger partial charge in [-0.1, -0.05) is 73.5 Å². The number of cyclic esters (lactones) is 1. The molecule has 2 aliphatic rings. The minimum absolute atomic E-state index is 0.0558. The van der Waals surface area contributed by atoms with E-state index in [-0.39, 0.29) is 30.5 Å². The van der Waals surface area contributed by atoms with E-state index >= 15 is 0 Å². The summed E-state index contributed by atoms with van der Waals surface area (Å²) < 4.78 is 11.5. The van der Waals surface area contributed by atoms with Gasteiger partial charge in [-0.25, -0.2) is 9.69 Å². The predicted molar refractivity (Wildman–Crippen MR) is 148 cm³/mol. The molecule has 4 atom stereocenters. The number of ketones is 1. The number of benzene rings is 2. The van der Waals surface area contributed by atoms with E-state index in [0.717, 1.165) is 28.9 Å². The lowest BCUT2D eigenvalue weighted by atomic mass is 9.87. The largest absolute Gasteiger partial charge is 0.447 e. The third-order valence-corrected chi connectivity index (χ3v) is 8.01. The molecule has 4 rings (SSSR count). The maximum absolute atomic E-state index is 14.1. The molecule has 2 aromatic carbocycles. The van der Waals surface area contributed by atoms with Crippen LogP contribution >= 0.6 is 15.9 Å². The number of unbranched alkanes of at least 4 members (excludes halogenated alkanes) is 3. The highest BCUT2D eigenvalue weighted by atomic mass is 79.9. The molecule has 8 nitrogen and oxygen atoms in total. The van der Waals surface area contributed by atoms with Gasteiger partial charge in [0.1, 0.15) is 12.7 Å². The van der Waals surface area contributed by atoms with Crippen LogP contribution in [0.2, 0.25) is 0 Å². The molecule has 39 heavy (non-hydrogen) atoms. The van der Waals surface area contributed by atoms with Crippen LogP contribution in [0.4, 0.5) is 4.79 Å². The summed E-state index contributed by atoms with van der Waals surface area (Å²) in [7, 11) is 0. The van der Waals surface area contributed by atoms with Gasteiger partial charge in [0.25, 0.3) is 0 Å². The maximum Gasteiger partial charge on any atom is 0.416 e. The van der Waals surface area contributed by atoms with E-state index in [4.69, 9.17) is 14.6 Å². The monoisotopic (exact) mass is 599 g/mol. The van der Waals surface area contributed by atoms with E-state index < -0.39 is 41.6 Å². The Bertz CT molecular complexity index is 1170. The topological polar surface area (TPSA) is 113 Å². The summed E-state index contributed by atoms with van der Waals surface area (Å²) in [4.78, 5) is 41.3. The first-order valence-corrected chi connectivity index (χ1v) is 14.1. The number of aliphatic hydroxyl groups is 2. The Labute approximate surface area is 236 Å². The lowest BCUT2D eigenvalue weighted by Crippen LogP contribution is -2.53. The average molecular weight is 601 g/mol. The minimum atomic E-state index is -1.79. The van der Waals surface area contributed by atoms with Crippen molar-refractivity contribution in [3.8, 4) is 0 Å². The summed E-state index contributed by atoms with van der Waals surface area (Å²) >= 11 is 3.29. The number of halogens is 1. The first-order chi connectivity index (χ1) is 18.8. The van der Waals surface area contributed by atoms with Crippen LogP contribution in [0.15, 0.2) is 71.2 Å². The fourth-order valence-corrected chi connectivity index (χ4v) is 5.59. The molecule has 2 aromatic rings. The van der Waals surface area contributed by atoms with Crippen LogP contribution in [-0.2, 0) is 31.9 Å². The number of ether oxygens (including phenoxy) is 2. The number of hydrogen-bond acceptors (Lipinski definition) is 7. The molecule has 0 saturated carbocycles. The van der Waals surface area contributed by atoms with Crippen LogP contribution in [-0.4, -0.2) is 64.0 Å². The Kier molecular flexibility index (Phi) is 10.1. The Morgan fingerprint density at radius 2 is 1.64 bits per heavy atom. The molecule has 0 spiro atoms. The highest BCUT2D eigenvalue weighted by Crippen LogP contribution is 2.38. The highest BCUT2D eigenvalue weighted by molar-refractivity contribution is 9.11. The maximum atomic E-state index is 14.1. The fourth-order valence-electron chi connectivity index (χ4n) is 5.07. The van der Waals surface area contributed by atoms with Gasteiger partial charge in [-0.05, 0) is 58.8 Å². The molecule has 9 heteroatoms. The summed E-state index contributed by atoms with van der Waals surface area (Å²) in [5, 5.41) is 20.4. The van der Waals surface area contributed by atoms with Crippen LogP contribution in [0, 0.1) is 5.92 Å². The zero-order valence-corrected chi connectivity index (χ0v) is 23.3. The third kappa shape index (κ3) is 7.22. The first kappa shape index (κ1) is 29.1. The molecule has 0 aliphatic carbocycles. The normalized spacial score (nSPS) is 23.9. The van der Waals surface area contributed by atoms with E-state index in [9.17, 15) is 19.5 Å². The van der Waals surface area contributed by atoms with Crippen molar-refractivity contribution in [2.45, 2.75) is 62.9 Å². The molecular weight excluding hydrogens is 566 g/mol. The molecule has 0 aromatic heterocycles. The molecular formula is C30H34BrNO7. The number of rotatable bonds is 12. The molecule has 2 heterocycles. The van der Waals surface area contributed by atoms with E-state index in [1.807, 2.05) is 60.7 Å². The molecule has 4 unspecified atom stereocenters. The number of amides is 2. The molecule has 1 saturated heterocycles. The second-order valence-corrected chi connectivity index (χ2v) is 10.9. The molecule has 0 radical (unpaired) electrons. The van der Waals surface area contributed by atoms with Crippen LogP contribution < -0.4 is 0 Å². The summed E-state index contributed by atoms with van der Waals surface area (Å²) in [6, 6.07) is 18.2. The van der Waals surface area contributed by atoms with Crippen molar-refractivity contribution < 1.29 is 34.1 Å². The third-order valence-electron chi connectivity index (χ3n) is 7.16. The molecule has 0 bridgehead atoms. The minimum Gasteiger partial charge on any atom is -0.447 e.